The summed E-state index contributed by atoms with van der Waals surface area (Å²) in [7, 11) is 0.839. The van der Waals surface area contributed by atoms with E-state index in [2.05, 4.69) is 85.2 Å². The predicted molar refractivity (Wildman–Crippen MR) is 154 cm³/mol. The Morgan fingerprint density at radius 1 is 0.919 bits per heavy atom. The minimum absolute atomic E-state index is 0.279. The molecule has 7 heteroatoms. The van der Waals surface area contributed by atoms with Crippen LogP contribution in [0.25, 0.3) is 0 Å². The summed E-state index contributed by atoms with van der Waals surface area (Å²) in [5.41, 5.74) is 3.12. The normalized spacial score (nSPS) is 14.1. The fourth-order valence-electron chi connectivity index (χ4n) is 4.58. The summed E-state index contributed by atoms with van der Waals surface area (Å²) in [5.74, 6) is -0.363. The molecule has 0 radical (unpaired) electrons. The van der Waals surface area contributed by atoms with Gasteiger partial charge in [-0.15, -0.1) is 0 Å². The number of nitrogens with one attached hydrogen (secondary N) is 1. The molecule has 0 amide bonds. The first-order valence-corrected chi connectivity index (χ1v) is 15.0. The number of phenolic OH excluding ortho intramolecular Hbond substituents is 1. The van der Waals surface area contributed by atoms with Crippen molar-refractivity contribution in [1.29, 1.82) is 0 Å². The van der Waals surface area contributed by atoms with Crippen LogP contribution in [0.2, 0.25) is 0 Å². The highest BCUT2D eigenvalue weighted by atomic mass is 31.2. The maximum absolute atomic E-state index is 14.2. The number of phenols is 1. The van der Waals surface area contributed by atoms with E-state index in [9.17, 15) is 9.67 Å². The molecule has 0 saturated carbocycles. The lowest BCUT2D eigenvalue weighted by Gasteiger charge is -2.34. The molecule has 0 fully saturated rings. The molecular weight excluding hydrogens is 483 g/mol. The van der Waals surface area contributed by atoms with Crippen molar-refractivity contribution in [2.24, 2.45) is 0 Å². The van der Waals surface area contributed by atoms with Crippen LogP contribution in [-0.2, 0) is 31.0 Å². The van der Waals surface area contributed by atoms with E-state index >= 15 is 0 Å². The van der Waals surface area contributed by atoms with Gasteiger partial charge in [0.15, 0.2) is 0 Å². The van der Waals surface area contributed by atoms with Crippen molar-refractivity contribution in [3.63, 3.8) is 0 Å². The Balaban J connectivity index is 2.51. The lowest BCUT2D eigenvalue weighted by atomic mass is 9.78. The number of hydrogen-bond donors (Lipinski definition) is 2. The standard InChI is InChI=1S/C30H49N2O4P/c1-11-35-37(34,36-12-2)28(31-18-19-32(9,10)22-23-16-14-13-15-17-23)24-20-25(29(3,4)5)27(33)26(21-24)30(6,7)8/h13-17,20-21,28,31H,11-12,18-19,22H2,1-10H3/p+1. The van der Waals surface area contributed by atoms with E-state index in [-0.39, 0.29) is 24.0 Å². The fraction of sp³-hybridized carbons (Fsp3) is 0.600. The van der Waals surface area contributed by atoms with Gasteiger partial charge < -0.3 is 18.6 Å². The molecule has 0 aromatic heterocycles. The van der Waals surface area contributed by atoms with Crippen molar-refractivity contribution in [1.82, 2.24) is 5.32 Å². The van der Waals surface area contributed by atoms with Crippen LogP contribution in [0.5, 0.6) is 5.75 Å². The topological polar surface area (TPSA) is 67.8 Å². The van der Waals surface area contributed by atoms with Crippen molar-refractivity contribution in [3.05, 3.63) is 64.7 Å². The average Bonchev–Trinajstić information content (AvgIpc) is 2.76. The molecule has 1 atom stereocenters. The van der Waals surface area contributed by atoms with Crippen LogP contribution < -0.4 is 5.32 Å². The van der Waals surface area contributed by atoms with Crippen molar-refractivity contribution in [2.45, 2.75) is 78.5 Å². The predicted octanol–water partition coefficient (Wildman–Crippen LogP) is 7.12. The van der Waals surface area contributed by atoms with Crippen molar-refractivity contribution >= 4 is 7.60 Å². The van der Waals surface area contributed by atoms with Gasteiger partial charge in [0.1, 0.15) is 18.1 Å². The van der Waals surface area contributed by atoms with Crippen LogP contribution in [0.3, 0.4) is 0 Å². The summed E-state index contributed by atoms with van der Waals surface area (Å²) in [6.45, 7) is 19.0. The van der Waals surface area contributed by atoms with E-state index in [1.165, 1.54) is 5.56 Å². The minimum atomic E-state index is -3.56. The van der Waals surface area contributed by atoms with Crippen LogP contribution >= 0.6 is 7.60 Å². The van der Waals surface area contributed by atoms with Crippen LogP contribution in [0.1, 0.15) is 83.4 Å². The molecule has 0 aliphatic carbocycles. The number of rotatable bonds is 12. The Kier molecular flexibility index (Phi) is 10.6. The number of benzene rings is 2. The lowest BCUT2D eigenvalue weighted by Crippen LogP contribution is -2.44. The zero-order valence-corrected chi connectivity index (χ0v) is 25.6. The van der Waals surface area contributed by atoms with Gasteiger partial charge in [0.05, 0.1) is 33.9 Å². The quantitative estimate of drug-likeness (QED) is 0.225. The Morgan fingerprint density at radius 2 is 1.41 bits per heavy atom. The molecule has 2 aromatic rings. The second-order valence-corrected chi connectivity index (χ2v) is 14.6. The van der Waals surface area contributed by atoms with Crippen LogP contribution in [0, 0.1) is 0 Å². The van der Waals surface area contributed by atoms with Crippen LogP contribution in [0.15, 0.2) is 42.5 Å². The van der Waals surface area contributed by atoms with Gasteiger partial charge in [0.25, 0.3) is 0 Å². The molecule has 2 rings (SSSR count). The van der Waals surface area contributed by atoms with Gasteiger partial charge >= 0.3 is 7.60 Å². The first-order chi connectivity index (χ1) is 17.0. The Morgan fingerprint density at radius 3 is 1.84 bits per heavy atom. The van der Waals surface area contributed by atoms with Gasteiger partial charge in [-0.25, -0.2) is 0 Å². The summed E-state index contributed by atoms with van der Waals surface area (Å²) < 4.78 is 26.7. The van der Waals surface area contributed by atoms with E-state index < -0.39 is 13.4 Å². The van der Waals surface area contributed by atoms with Gasteiger partial charge in [-0.1, -0.05) is 71.9 Å². The third kappa shape index (κ3) is 8.66. The summed E-state index contributed by atoms with van der Waals surface area (Å²) in [6.07, 6.45) is 0. The maximum atomic E-state index is 14.2. The number of nitrogens with zero attached hydrogens (tertiary/aromatic N) is 1. The lowest BCUT2D eigenvalue weighted by molar-refractivity contribution is -0.902. The number of aromatic hydroxyl groups is 1. The minimum Gasteiger partial charge on any atom is -0.507 e. The highest BCUT2D eigenvalue weighted by molar-refractivity contribution is 7.54. The molecule has 0 aliphatic rings. The van der Waals surface area contributed by atoms with Crippen molar-refractivity contribution < 1.29 is 23.2 Å². The maximum Gasteiger partial charge on any atom is 0.351 e. The second-order valence-electron chi connectivity index (χ2n) is 12.5. The van der Waals surface area contributed by atoms with Gasteiger partial charge in [-0.2, -0.15) is 0 Å². The third-order valence-corrected chi connectivity index (χ3v) is 8.86. The second kappa shape index (κ2) is 12.4. The smallest absolute Gasteiger partial charge is 0.351 e. The van der Waals surface area contributed by atoms with Crippen molar-refractivity contribution in [2.75, 3.05) is 40.4 Å². The highest BCUT2D eigenvalue weighted by Gasteiger charge is 2.39. The first kappa shape index (κ1) is 31.5. The number of hydrogen-bond acceptors (Lipinski definition) is 5. The van der Waals surface area contributed by atoms with Gasteiger partial charge in [-0.05, 0) is 53.5 Å². The molecule has 0 bridgehead atoms. The molecule has 6 nitrogen and oxygen atoms in total. The summed E-state index contributed by atoms with van der Waals surface area (Å²) in [4.78, 5) is 0. The molecular formula is C30H50N2O4P+. The Labute approximate surface area is 225 Å². The molecule has 0 aliphatic heterocycles. The van der Waals surface area contributed by atoms with Crippen LogP contribution in [0.4, 0.5) is 0 Å². The van der Waals surface area contributed by atoms with E-state index in [4.69, 9.17) is 9.05 Å². The zero-order chi connectivity index (χ0) is 28.1. The Hall–Kier alpha value is -1.69. The fourth-order valence-corrected chi connectivity index (χ4v) is 6.54. The summed E-state index contributed by atoms with van der Waals surface area (Å²) in [5, 5.41) is 14.8. The molecule has 1 unspecified atom stereocenters. The molecule has 208 valence electrons. The largest absolute Gasteiger partial charge is 0.507 e. The van der Waals surface area contributed by atoms with E-state index in [0.29, 0.717) is 12.3 Å². The summed E-state index contributed by atoms with van der Waals surface area (Å²) in [6, 6.07) is 14.4. The monoisotopic (exact) mass is 533 g/mol. The molecule has 2 N–H and O–H groups in total. The van der Waals surface area contributed by atoms with Gasteiger partial charge in [-0.3, -0.25) is 9.88 Å². The summed E-state index contributed by atoms with van der Waals surface area (Å²) >= 11 is 0. The van der Waals surface area contributed by atoms with E-state index in [1.807, 2.05) is 32.0 Å². The molecule has 0 heterocycles. The highest BCUT2D eigenvalue weighted by Crippen LogP contribution is 2.60. The molecule has 37 heavy (non-hydrogen) atoms. The van der Waals surface area contributed by atoms with Crippen molar-refractivity contribution in [3.8, 4) is 5.75 Å². The molecule has 2 aromatic carbocycles. The van der Waals surface area contributed by atoms with Gasteiger partial charge in [0.2, 0.25) is 0 Å². The zero-order valence-electron chi connectivity index (χ0n) is 24.7. The number of likely N-dealkylation sites (N-methyl/N-ethyl adjacent to an activating group) is 1. The third-order valence-electron chi connectivity index (χ3n) is 6.51. The number of quaternary nitrogens is 1. The average molecular weight is 534 g/mol. The molecule has 0 spiro atoms. The first-order valence-electron chi connectivity index (χ1n) is 13.4. The molecule has 0 saturated heterocycles. The Bertz CT molecular complexity index is 1010. The SMILES string of the molecule is CCOP(=O)(OCC)C(NCC[N+](C)(C)Cc1ccccc1)c1cc(C(C)(C)C)c(O)c(C(C)(C)C)c1. The van der Waals surface area contributed by atoms with E-state index in [1.54, 1.807) is 0 Å². The van der Waals surface area contributed by atoms with Crippen LogP contribution in [-0.4, -0.2) is 50.0 Å². The van der Waals surface area contributed by atoms with E-state index in [0.717, 1.165) is 34.3 Å². The van der Waals surface area contributed by atoms with Gasteiger partial charge in [0, 0.05) is 12.1 Å².